The smallest absolute Gasteiger partial charge is 0.247 e. The van der Waals surface area contributed by atoms with E-state index < -0.39 is 6.04 Å². The van der Waals surface area contributed by atoms with E-state index in [0.717, 1.165) is 22.4 Å². The van der Waals surface area contributed by atoms with Gasteiger partial charge in [-0.05, 0) is 53.8 Å². The van der Waals surface area contributed by atoms with Crippen LogP contribution in [0.2, 0.25) is 0 Å². The molecule has 1 atom stereocenters. The minimum atomic E-state index is -0.607. The highest BCUT2D eigenvalue weighted by Crippen LogP contribution is 2.22. The molecule has 0 unspecified atom stereocenters. The Morgan fingerprint density at radius 3 is 2.06 bits per heavy atom. The summed E-state index contributed by atoms with van der Waals surface area (Å²) in [5, 5.41) is 3.04. The number of anilines is 2. The van der Waals surface area contributed by atoms with Gasteiger partial charge in [-0.1, -0.05) is 68.4 Å². The molecule has 2 amide bonds. The van der Waals surface area contributed by atoms with Crippen LogP contribution in [0, 0.1) is 12.8 Å². The summed E-state index contributed by atoms with van der Waals surface area (Å²) in [4.78, 5) is 30.9. The van der Waals surface area contributed by atoms with Crippen molar-refractivity contribution >= 4 is 23.2 Å². The minimum absolute atomic E-state index is 0.0636. The van der Waals surface area contributed by atoms with E-state index in [4.69, 9.17) is 0 Å². The first kappa shape index (κ1) is 25.0. The number of nitrogens with zero attached hydrogens (tertiary/aromatic N) is 2. The monoisotopic (exact) mass is 457 g/mol. The van der Waals surface area contributed by atoms with Gasteiger partial charge in [0.15, 0.2) is 0 Å². The van der Waals surface area contributed by atoms with Crippen molar-refractivity contribution in [3.05, 3.63) is 95.6 Å². The summed E-state index contributed by atoms with van der Waals surface area (Å²) in [6.07, 6.45) is 0.251. The Morgan fingerprint density at radius 2 is 1.47 bits per heavy atom. The number of aryl methyl sites for hydroxylation is 1. The van der Waals surface area contributed by atoms with Gasteiger partial charge in [-0.3, -0.25) is 9.59 Å². The van der Waals surface area contributed by atoms with E-state index in [9.17, 15) is 9.59 Å². The molecule has 1 N–H and O–H groups in total. The molecule has 178 valence electrons. The highest BCUT2D eigenvalue weighted by Gasteiger charge is 2.33. The van der Waals surface area contributed by atoms with Crippen LogP contribution >= 0.6 is 0 Å². The average molecular weight is 458 g/mol. The molecule has 3 aromatic carbocycles. The van der Waals surface area contributed by atoms with Crippen LogP contribution in [0.3, 0.4) is 0 Å². The Morgan fingerprint density at radius 1 is 0.853 bits per heavy atom. The Kier molecular flexibility index (Phi) is 8.47. The minimum Gasteiger partial charge on any atom is -0.378 e. The second-order valence-electron chi connectivity index (χ2n) is 9.23. The molecule has 0 fully saturated rings. The summed E-state index contributed by atoms with van der Waals surface area (Å²) in [7, 11) is 3.95. The van der Waals surface area contributed by atoms with Crippen molar-refractivity contribution in [3.8, 4) is 0 Å². The van der Waals surface area contributed by atoms with E-state index >= 15 is 0 Å². The molecule has 3 aromatic rings. The number of amides is 2. The standard InChI is InChI=1S/C29H35N3O2/c1-21(2)28(29(34)30-25-15-17-26(18-16-25)31(4)5)32(20-24-14-10-9-11-22(24)3)27(33)19-23-12-7-6-8-13-23/h6-18,21,28H,19-20H2,1-5H3,(H,30,34)/t28-/m1/s1. The fraction of sp³-hybridized carbons (Fsp3) is 0.310. The van der Waals surface area contributed by atoms with Gasteiger partial charge in [0, 0.05) is 32.0 Å². The topological polar surface area (TPSA) is 52.7 Å². The predicted molar refractivity (Wildman–Crippen MR) is 140 cm³/mol. The second-order valence-corrected chi connectivity index (χ2v) is 9.23. The Balaban J connectivity index is 1.89. The van der Waals surface area contributed by atoms with Crippen molar-refractivity contribution in [1.82, 2.24) is 4.90 Å². The molecule has 0 radical (unpaired) electrons. The fourth-order valence-electron chi connectivity index (χ4n) is 4.05. The normalized spacial score (nSPS) is 11.7. The molecule has 0 bridgehead atoms. The number of nitrogens with one attached hydrogen (secondary N) is 1. The van der Waals surface area contributed by atoms with Gasteiger partial charge in [0.2, 0.25) is 11.8 Å². The van der Waals surface area contributed by atoms with Crippen LogP contribution in [0.5, 0.6) is 0 Å². The lowest BCUT2D eigenvalue weighted by molar-refractivity contribution is -0.140. The molecule has 3 rings (SSSR count). The molecule has 0 spiro atoms. The van der Waals surface area contributed by atoms with Crippen LogP contribution in [0.25, 0.3) is 0 Å². The van der Waals surface area contributed by atoms with Gasteiger partial charge in [0.25, 0.3) is 0 Å². The van der Waals surface area contributed by atoms with E-state index in [0.29, 0.717) is 12.2 Å². The quantitative estimate of drug-likeness (QED) is 0.475. The molecule has 0 saturated heterocycles. The molecule has 0 aliphatic carbocycles. The summed E-state index contributed by atoms with van der Waals surface area (Å²) in [5.41, 5.74) is 4.84. The maximum absolute atomic E-state index is 13.6. The van der Waals surface area contributed by atoms with Crippen LogP contribution in [0.4, 0.5) is 11.4 Å². The molecule has 0 heterocycles. The number of carbonyl (C=O) groups is 2. The maximum Gasteiger partial charge on any atom is 0.247 e. The SMILES string of the molecule is Cc1ccccc1CN(C(=O)Cc1ccccc1)[C@@H](C(=O)Nc1ccc(N(C)C)cc1)C(C)C. The van der Waals surface area contributed by atoms with Crippen LogP contribution in [0.1, 0.15) is 30.5 Å². The second kappa shape index (κ2) is 11.5. The average Bonchev–Trinajstić information content (AvgIpc) is 2.80. The summed E-state index contributed by atoms with van der Waals surface area (Å²) in [6.45, 7) is 6.39. The third kappa shape index (κ3) is 6.47. The summed E-state index contributed by atoms with van der Waals surface area (Å²) >= 11 is 0. The van der Waals surface area contributed by atoms with Gasteiger partial charge in [0.1, 0.15) is 6.04 Å². The van der Waals surface area contributed by atoms with Gasteiger partial charge in [-0.15, -0.1) is 0 Å². The van der Waals surface area contributed by atoms with Crippen molar-refractivity contribution in [1.29, 1.82) is 0 Å². The third-order valence-electron chi connectivity index (χ3n) is 6.01. The summed E-state index contributed by atoms with van der Waals surface area (Å²) in [5.74, 6) is -0.307. The Hall–Kier alpha value is -3.60. The van der Waals surface area contributed by atoms with E-state index in [1.165, 1.54) is 0 Å². The van der Waals surface area contributed by atoms with Crippen molar-refractivity contribution < 1.29 is 9.59 Å². The van der Waals surface area contributed by atoms with E-state index in [1.807, 2.05) is 119 Å². The number of rotatable bonds is 9. The van der Waals surface area contributed by atoms with Crippen molar-refractivity contribution in [2.75, 3.05) is 24.3 Å². The van der Waals surface area contributed by atoms with Gasteiger partial charge in [-0.2, -0.15) is 0 Å². The van der Waals surface area contributed by atoms with Crippen molar-refractivity contribution in [2.24, 2.45) is 5.92 Å². The van der Waals surface area contributed by atoms with E-state index in [2.05, 4.69) is 5.32 Å². The summed E-state index contributed by atoms with van der Waals surface area (Å²) in [6, 6.07) is 24.8. The Bertz CT molecular complexity index is 1090. The first-order chi connectivity index (χ1) is 16.3. The fourth-order valence-corrected chi connectivity index (χ4v) is 4.05. The van der Waals surface area contributed by atoms with Gasteiger partial charge in [-0.25, -0.2) is 0 Å². The first-order valence-corrected chi connectivity index (χ1v) is 11.7. The molecule has 0 aliphatic rings. The summed E-state index contributed by atoms with van der Waals surface area (Å²) < 4.78 is 0. The molecule has 5 heteroatoms. The number of hydrogen-bond acceptors (Lipinski definition) is 3. The van der Waals surface area contributed by atoms with E-state index in [-0.39, 0.29) is 24.2 Å². The zero-order chi connectivity index (χ0) is 24.7. The third-order valence-corrected chi connectivity index (χ3v) is 6.01. The van der Waals surface area contributed by atoms with Crippen LogP contribution in [0.15, 0.2) is 78.9 Å². The lowest BCUT2D eigenvalue weighted by Crippen LogP contribution is -2.50. The first-order valence-electron chi connectivity index (χ1n) is 11.7. The molecular formula is C29H35N3O2. The highest BCUT2D eigenvalue weighted by molar-refractivity contribution is 5.97. The van der Waals surface area contributed by atoms with Gasteiger partial charge < -0.3 is 15.1 Å². The zero-order valence-corrected chi connectivity index (χ0v) is 20.8. The lowest BCUT2D eigenvalue weighted by Gasteiger charge is -2.34. The van der Waals surface area contributed by atoms with Crippen molar-refractivity contribution in [3.63, 3.8) is 0 Å². The predicted octanol–water partition coefficient (Wildman–Crippen LogP) is 5.30. The molecule has 5 nitrogen and oxygen atoms in total. The zero-order valence-electron chi connectivity index (χ0n) is 20.8. The molecule has 0 saturated carbocycles. The molecule has 34 heavy (non-hydrogen) atoms. The lowest BCUT2D eigenvalue weighted by atomic mass is 9.98. The Labute approximate surface area is 203 Å². The van der Waals surface area contributed by atoms with Gasteiger partial charge >= 0.3 is 0 Å². The highest BCUT2D eigenvalue weighted by atomic mass is 16.2. The van der Waals surface area contributed by atoms with Crippen LogP contribution in [-0.2, 0) is 22.6 Å². The number of hydrogen-bond donors (Lipinski definition) is 1. The maximum atomic E-state index is 13.6. The van der Waals surface area contributed by atoms with Crippen LogP contribution in [-0.4, -0.2) is 36.9 Å². The van der Waals surface area contributed by atoms with Crippen LogP contribution < -0.4 is 10.2 Å². The number of benzene rings is 3. The molecule has 0 aromatic heterocycles. The molecular weight excluding hydrogens is 422 g/mol. The largest absolute Gasteiger partial charge is 0.378 e. The van der Waals surface area contributed by atoms with E-state index in [1.54, 1.807) is 4.90 Å². The molecule has 0 aliphatic heterocycles. The van der Waals surface area contributed by atoms with Gasteiger partial charge in [0.05, 0.1) is 6.42 Å². The van der Waals surface area contributed by atoms with Crippen molar-refractivity contribution in [2.45, 2.75) is 39.8 Å². The number of carbonyl (C=O) groups excluding carboxylic acids is 2.